The van der Waals surface area contributed by atoms with Crippen molar-refractivity contribution in [1.82, 2.24) is 0 Å². The van der Waals surface area contributed by atoms with Crippen LogP contribution in [-0.4, -0.2) is 19.1 Å². The maximum absolute atomic E-state index is 11.0. The Morgan fingerprint density at radius 1 is 1.38 bits per heavy atom. The van der Waals surface area contributed by atoms with Crippen LogP contribution in [0.3, 0.4) is 0 Å². The lowest BCUT2D eigenvalue weighted by molar-refractivity contribution is -0.143. The Kier molecular flexibility index (Phi) is 5.49. The van der Waals surface area contributed by atoms with Crippen LogP contribution in [0.15, 0.2) is 30.3 Å². The van der Waals surface area contributed by atoms with E-state index in [4.69, 9.17) is 10.00 Å². The summed E-state index contributed by atoms with van der Waals surface area (Å²) in [5.41, 5.74) is 0.996. The summed E-state index contributed by atoms with van der Waals surface area (Å²) in [6, 6.07) is 11.6. The Morgan fingerprint density at radius 2 is 2.12 bits per heavy atom. The minimum absolute atomic E-state index is 0.168. The highest BCUT2D eigenvalue weighted by Crippen LogP contribution is 2.03. The van der Waals surface area contributed by atoms with Crippen LogP contribution in [0.4, 0.5) is 5.69 Å². The number of carbonyl (C=O) groups excluding carboxylic acids is 1. The van der Waals surface area contributed by atoms with Crippen LogP contribution in [0.2, 0.25) is 0 Å². The maximum Gasteiger partial charge on any atom is 0.306 e. The van der Waals surface area contributed by atoms with Crippen LogP contribution in [0.25, 0.3) is 0 Å². The summed E-state index contributed by atoms with van der Waals surface area (Å²) in [5, 5.41) is 11.4. The van der Waals surface area contributed by atoms with Crippen molar-refractivity contribution in [3.63, 3.8) is 0 Å². The second-order valence-electron chi connectivity index (χ2n) is 3.17. The second-order valence-corrected chi connectivity index (χ2v) is 3.17. The van der Waals surface area contributed by atoms with E-state index >= 15 is 0 Å². The fourth-order valence-corrected chi connectivity index (χ4v) is 1.15. The van der Waals surface area contributed by atoms with Crippen LogP contribution in [-0.2, 0) is 9.53 Å². The molecule has 0 bridgehead atoms. The molecule has 4 heteroatoms. The first-order valence-electron chi connectivity index (χ1n) is 5.14. The smallest absolute Gasteiger partial charge is 0.306 e. The molecule has 0 fully saturated rings. The first-order chi connectivity index (χ1) is 7.83. The van der Waals surface area contributed by atoms with E-state index in [1.165, 1.54) is 0 Å². The van der Waals surface area contributed by atoms with Crippen LogP contribution in [0.5, 0.6) is 0 Å². The zero-order chi connectivity index (χ0) is 11.6. The molecule has 84 valence electrons. The lowest BCUT2D eigenvalue weighted by atomic mass is 10.3. The van der Waals surface area contributed by atoms with Gasteiger partial charge >= 0.3 is 5.97 Å². The third-order valence-corrected chi connectivity index (χ3v) is 1.91. The Labute approximate surface area is 94.8 Å². The van der Waals surface area contributed by atoms with Crippen LogP contribution in [0, 0.1) is 11.3 Å². The molecule has 0 amide bonds. The maximum atomic E-state index is 11.0. The van der Waals surface area contributed by atoms with E-state index in [-0.39, 0.29) is 18.8 Å². The molecule has 0 radical (unpaired) electrons. The predicted octanol–water partition coefficient (Wildman–Crippen LogP) is 1.95. The van der Waals surface area contributed by atoms with Gasteiger partial charge in [0.1, 0.15) is 6.61 Å². The molecule has 4 nitrogen and oxygen atoms in total. The van der Waals surface area contributed by atoms with Gasteiger partial charge < -0.3 is 10.1 Å². The molecule has 0 aromatic heterocycles. The quantitative estimate of drug-likeness (QED) is 0.585. The molecule has 1 aromatic carbocycles. The summed E-state index contributed by atoms with van der Waals surface area (Å²) >= 11 is 0. The molecule has 0 aliphatic heterocycles. The van der Waals surface area contributed by atoms with E-state index in [9.17, 15) is 4.79 Å². The van der Waals surface area contributed by atoms with Gasteiger partial charge in [-0.25, -0.2) is 0 Å². The molecule has 1 N–H and O–H groups in total. The number of hydrogen-bond donors (Lipinski definition) is 1. The van der Waals surface area contributed by atoms with Gasteiger partial charge in [-0.1, -0.05) is 18.2 Å². The minimum atomic E-state index is -0.323. The van der Waals surface area contributed by atoms with Crippen LogP contribution in [0.1, 0.15) is 12.8 Å². The Hall–Kier alpha value is -2.02. The average molecular weight is 218 g/mol. The molecule has 1 rings (SSSR count). The number of nitrogens with zero attached hydrogens (tertiary/aromatic N) is 1. The van der Waals surface area contributed by atoms with Gasteiger partial charge in [-0.05, 0) is 12.1 Å². The van der Waals surface area contributed by atoms with Gasteiger partial charge in [-0.15, -0.1) is 0 Å². The molecule has 0 aliphatic rings. The van der Waals surface area contributed by atoms with Gasteiger partial charge in [0, 0.05) is 18.7 Å². The highest BCUT2D eigenvalue weighted by molar-refractivity contribution is 5.69. The molecule has 0 atom stereocenters. The number of anilines is 1. The molecular formula is C12H14N2O2. The SMILES string of the molecule is N#CCCC(=O)OCCNc1ccccc1. The standard InChI is InChI=1S/C12H14N2O2/c13-8-4-7-12(15)16-10-9-14-11-5-2-1-3-6-11/h1-3,5-6,14H,4,7,9-10H2. The third-order valence-electron chi connectivity index (χ3n) is 1.91. The highest BCUT2D eigenvalue weighted by atomic mass is 16.5. The number of nitrogens with one attached hydrogen (secondary N) is 1. The molecule has 0 saturated heterocycles. The van der Waals surface area contributed by atoms with Crippen molar-refractivity contribution in [1.29, 1.82) is 5.26 Å². The van der Waals surface area contributed by atoms with E-state index in [2.05, 4.69) is 5.32 Å². The normalized spacial score (nSPS) is 9.19. The van der Waals surface area contributed by atoms with E-state index < -0.39 is 0 Å². The summed E-state index contributed by atoms with van der Waals surface area (Å²) in [6.07, 6.45) is 0.382. The number of para-hydroxylation sites is 1. The lowest BCUT2D eigenvalue weighted by Gasteiger charge is -2.06. The molecule has 0 unspecified atom stereocenters. The number of hydrogen-bond acceptors (Lipinski definition) is 4. The molecule has 0 spiro atoms. The number of ether oxygens (including phenoxy) is 1. The summed E-state index contributed by atoms with van der Waals surface area (Å²) in [5.74, 6) is -0.323. The fraction of sp³-hybridized carbons (Fsp3) is 0.333. The van der Waals surface area contributed by atoms with Crippen molar-refractivity contribution in [2.24, 2.45) is 0 Å². The highest BCUT2D eigenvalue weighted by Gasteiger charge is 2.00. The summed E-state index contributed by atoms with van der Waals surface area (Å²) in [4.78, 5) is 11.0. The molecule has 1 aromatic rings. The Morgan fingerprint density at radius 3 is 2.81 bits per heavy atom. The van der Waals surface area contributed by atoms with Gasteiger partial charge in [-0.3, -0.25) is 4.79 Å². The first kappa shape index (κ1) is 12.1. The number of nitriles is 1. The molecule has 16 heavy (non-hydrogen) atoms. The van der Waals surface area contributed by atoms with E-state index in [1.54, 1.807) is 0 Å². The molecular weight excluding hydrogens is 204 g/mol. The molecule has 0 aliphatic carbocycles. The largest absolute Gasteiger partial charge is 0.464 e. The van der Waals surface area contributed by atoms with E-state index in [0.717, 1.165) is 5.69 Å². The Balaban J connectivity index is 2.08. The lowest BCUT2D eigenvalue weighted by Crippen LogP contribution is -2.13. The van der Waals surface area contributed by atoms with Crippen molar-refractivity contribution in [3.05, 3.63) is 30.3 Å². The second kappa shape index (κ2) is 7.30. The van der Waals surface area contributed by atoms with Crippen molar-refractivity contribution < 1.29 is 9.53 Å². The van der Waals surface area contributed by atoms with Gasteiger partial charge in [0.15, 0.2) is 0 Å². The van der Waals surface area contributed by atoms with Crippen LogP contribution >= 0.6 is 0 Å². The minimum Gasteiger partial charge on any atom is -0.464 e. The zero-order valence-electron chi connectivity index (χ0n) is 8.98. The number of benzene rings is 1. The summed E-state index contributed by atoms with van der Waals surface area (Å²) in [6.45, 7) is 0.890. The molecule has 0 heterocycles. The van der Waals surface area contributed by atoms with Gasteiger partial charge in [0.05, 0.1) is 12.5 Å². The van der Waals surface area contributed by atoms with Gasteiger partial charge in [-0.2, -0.15) is 5.26 Å². The Bertz CT molecular complexity index is 357. The van der Waals surface area contributed by atoms with Crippen LogP contribution < -0.4 is 5.32 Å². The fourth-order valence-electron chi connectivity index (χ4n) is 1.15. The van der Waals surface area contributed by atoms with Crippen molar-refractivity contribution in [3.8, 4) is 6.07 Å². The first-order valence-corrected chi connectivity index (χ1v) is 5.14. The predicted molar refractivity (Wildman–Crippen MR) is 60.7 cm³/mol. The topological polar surface area (TPSA) is 62.1 Å². The van der Waals surface area contributed by atoms with Crippen molar-refractivity contribution in [2.75, 3.05) is 18.5 Å². The third kappa shape index (κ3) is 5.01. The van der Waals surface area contributed by atoms with Crippen molar-refractivity contribution >= 4 is 11.7 Å². The van der Waals surface area contributed by atoms with Crippen molar-refractivity contribution in [2.45, 2.75) is 12.8 Å². The number of carbonyl (C=O) groups is 1. The van der Waals surface area contributed by atoms with Gasteiger partial charge in [0.2, 0.25) is 0 Å². The average Bonchev–Trinajstić information content (AvgIpc) is 2.33. The van der Waals surface area contributed by atoms with Gasteiger partial charge in [0.25, 0.3) is 0 Å². The number of rotatable bonds is 6. The monoisotopic (exact) mass is 218 g/mol. The zero-order valence-corrected chi connectivity index (χ0v) is 8.98. The number of esters is 1. The summed E-state index contributed by atoms with van der Waals surface area (Å²) < 4.78 is 4.91. The van der Waals surface area contributed by atoms with E-state index in [1.807, 2.05) is 36.4 Å². The van der Waals surface area contributed by atoms with E-state index in [0.29, 0.717) is 13.2 Å². The molecule has 0 saturated carbocycles. The summed E-state index contributed by atoms with van der Waals surface area (Å²) in [7, 11) is 0.